The van der Waals surface area contributed by atoms with Crippen molar-refractivity contribution in [2.45, 2.75) is 6.92 Å². The van der Waals surface area contributed by atoms with E-state index in [0.717, 1.165) is 30.5 Å². The molecule has 0 atom stereocenters. The molecule has 4 rings (SSSR count). The van der Waals surface area contributed by atoms with E-state index in [1.807, 2.05) is 13.0 Å². The molecule has 9 nitrogen and oxygen atoms in total. The second kappa shape index (κ2) is 9.57. The van der Waals surface area contributed by atoms with Gasteiger partial charge in [-0.25, -0.2) is 14.8 Å². The molecule has 10 heteroatoms. The zero-order chi connectivity index (χ0) is 21.8. The van der Waals surface area contributed by atoms with E-state index < -0.39 is 0 Å². The molecule has 3 heterocycles. The number of morpholine rings is 1. The Hall–Kier alpha value is -2.78. The highest BCUT2D eigenvalue weighted by molar-refractivity contribution is 6.32. The molecule has 31 heavy (non-hydrogen) atoms. The number of carbonyl (C=O) groups is 1. The number of piperazine rings is 1. The lowest BCUT2D eigenvalue weighted by atomic mass is 10.3. The smallest absolute Gasteiger partial charge is 0.321 e. The number of amides is 2. The molecule has 1 N–H and O–H groups in total. The summed E-state index contributed by atoms with van der Waals surface area (Å²) in [5.41, 5.74) is 0.639. The number of hydrogen-bond acceptors (Lipinski definition) is 7. The maximum atomic E-state index is 12.7. The van der Waals surface area contributed by atoms with Gasteiger partial charge in [0, 0.05) is 51.0 Å². The predicted molar refractivity (Wildman–Crippen MR) is 121 cm³/mol. The van der Waals surface area contributed by atoms with Gasteiger partial charge >= 0.3 is 6.03 Å². The fourth-order valence-corrected chi connectivity index (χ4v) is 4.00. The third kappa shape index (κ3) is 5.11. The van der Waals surface area contributed by atoms with Gasteiger partial charge in [0.25, 0.3) is 0 Å². The molecule has 0 unspecified atom stereocenters. The maximum Gasteiger partial charge on any atom is 0.321 e. The highest BCUT2D eigenvalue weighted by atomic mass is 35.5. The number of nitrogens with zero attached hydrogens (tertiary/aromatic N) is 5. The van der Waals surface area contributed by atoms with Crippen LogP contribution in [-0.2, 0) is 4.74 Å². The zero-order valence-corrected chi connectivity index (χ0v) is 18.6. The van der Waals surface area contributed by atoms with Gasteiger partial charge in [0.1, 0.15) is 23.2 Å². The number of carbonyl (C=O) groups excluding carboxylic acids is 1. The maximum absolute atomic E-state index is 12.7. The first-order chi connectivity index (χ1) is 15.0. The number of nitrogens with one attached hydrogen (secondary N) is 1. The lowest BCUT2D eigenvalue weighted by Crippen LogP contribution is -2.50. The van der Waals surface area contributed by atoms with Crippen LogP contribution in [0.1, 0.15) is 5.82 Å². The van der Waals surface area contributed by atoms with Gasteiger partial charge in [0.2, 0.25) is 0 Å². The van der Waals surface area contributed by atoms with Crippen LogP contribution in [0, 0.1) is 6.92 Å². The van der Waals surface area contributed by atoms with Crippen LogP contribution < -0.4 is 19.9 Å². The average molecular weight is 447 g/mol. The summed E-state index contributed by atoms with van der Waals surface area (Å²) < 4.78 is 10.6. The predicted octanol–water partition coefficient (Wildman–Crippen LogP) is 2.64. The second-order valence-corrected chi connectivity index (χ2v) is 7.89. The van der Waals surface area contributed by atoms with Crippen LogP contribution >= 0.6 is 11.6 Å². The number of rotatable bonds is 4. The molecule has 2 saturated heterocycles. The zero-order valence-electron chi connectivity index (χ0n) is 17.8. The van der Waals surface area contributed by atoms with Crippen molar-refractivity contribution in [3.05, 3.63) is 35.1 Å². The molecular weight excluding hydrogens is 420 g/mol. The summed E-state index contributed by atoms with van der Waals surface area (Å²) in [4.78, 5) is 28.1. The van der Waals surface area contributed by atoms with E-state index in [-0.39, 0.29) is 6.03 Å². The highest BCUT2D eigenvalue weighted by Gasteiger charge is 2.23. The number of aryl methyl sites for hydroxylation is 1. The van der Waals surface area contributed by atoms with Crippen molar-refractivity contribution in [1.82, 2.24) is 14.9 Å². The fourth-order valence-electron chi connectivity index (χ4n) is 3.74. The second-order valence-electron chi connectivity index (χ2n) is 7.48. The van der Waals surface area contributed by atoms with Crippen molar-refractivity contribution >= 4 is 35.0 Å². The normalized spacial score (nSPS) is 16.9. The van der Waals surface area contributed by atoms with Gasteiger partial charge in [-0.15, -0.1) is 0 Å². The van der Waals surface area contributed by atoms with Gasteiger partial charge in [0.05, 0.1) is 25.3 Å². The molecule has 2 aromatic rings. The highest BCUT2D eigenvalue weighted by Crippen LogP contribution is 2.27. The van der Waals surface area contributed by atoms with Gasteiger partial charge in [-0.1, -0.05) is 11.6 Å². The average Bonchev–Trinajstić information content (AvgIpc) is 2.79. The topological polar surface area (TPSA) is 83.1 Å². The molecule has 0 aliphatic carbocycles. The van der Waals surface area contributed by atoms with Crippen molar-refractivity contribution in [2.24, 2.45) is 0 Å². The first kappa shape index (κ1) is 21.5. The molecule has 2 aliphatic rings. The van der Waals surface area contributed by atoms with E-state index in [2.05, 4.69) is 25.1 Å². The van der Waals surface area contributed by atoms with Crippen molar-refractivity contribution in [1.29, 1.82) is 0 Å². The summed E-state index contributed by atoms with van der Waals surface area (Å²) >= 11 is 6.15. The Morgan fingerprint density at radius 3 is 2.29 bits per heavy atom. The summed E-state index contributed by atoms with van der Waals surface area (Å²) in [6.07, 6.45) is 0. The third-order valence-corrected chi connectivity index (χ3v) is 5.74. The number of aromatic nitrogens is 2. The van der Waals surface area contributed by atoms with Gasteiger partial charge in [-0.3, -0.25) is 0 Å². The number of ether oxygens (including phenoxy) is 2. The SMILES string of the molecule is COc1ccc(NC(=O)N2CCN(c3cc(N4CCOCC4)nc(C)n3)CC2)cc1Cl. The minimum atomic E-state index is -0.145. The van der Waals surface area contributed by atoms with Crippen LogP contribution in [0.5, 0.6) is 5.75 Å². The monoisotopic (exact) mass is 446 g/mol. The number of benzene rings is 1. The molecule has 1 aromatic carbocycles. The standard InChI is InChI=1S/C21H27ClN6O3/c1-15-23-19(14-20(24-15)27-9-11-31-12-10-27)26-5-7-28(8-6-26)21(29)25-16-3-4-18(30-2)17(22)13-16/h3-4,13-14H,5-12H2,1-2H3,(H,25,29). The quantitative estimate of drug-likeness (QED) is 0.772. The van der Waals surface area contributed by atoms with Crippen LogP contribution in [0.3, 0.4) is 0 Å². The van der Waals surface area contributed by atoms with E-state index in [0.29, 0.717) is 55.9 Å². The van der Waals surface area contributed by atoms with E-state index in [1.54, 1.807) is 30.2 Å². The van der Waals surface area contributed by atoms with Crippen molar-refractivity contribution < 1.29 is 14.3 Å². The Labute approximate surface area is 186 Å². The minimum Gasteiger partial charge on any atom is -0.495 e. The molecule has 166 valence electrons. The summed E-state index contributed by atoms with van der Waals surface area (Å²) in [6.45, 7) is 7.62. The molecule has 0 radical (unpaired) electrons. The van der Waals surface area contributed by atoms with Crippen LogP contribution in [0.2, 0.25) is 5.02 Å². The van der Waals surface area contributed by atoms with Crippen molar-refractivity contribution in [3.63, 3.8) is 0 Å². The van der Waals surface area contributed by atoms with Crippen LogP contribution in [0.15, 0.2) is 24.3 Å². The van der Waals surface area contributed by atoms with E-state index in [9.17, 15) is 4.79 Å². The molecular formula is C21H27ClN6O3. The van der Waals surface area contributed by atoms with E-state index >= 15 is 0 Å². The van der Waals surface area contributed by atoms with Crippen molar-refractivity contribution in [3.8, 4) is 5.75 Å². The van der Waals surface area contributed by atoms with Gasteiger partial charge in [-0.2, -0.15) is 0 Å². The largest absolute Gasteiger partial charge is 0.495 e. The number of urea groups is 1. The fraction of sp³-hybridized carbons (Fsp3) is 0.476. The summed E-state index contributed by atoms with van der Waals surface area (Å²) in [5, 5.41) is 3.36. The Bertz CT molecular complexity index is 929. The van der Waals surface area contributed by atoms with Crippen molar-refractivity contribution in [2.75, 3.05) is 74.7 Å². The number of hydrogen-bond donors (Lipinski definition) is 1. The number of halogens is 1. The van der Waals surface area contributed by atoms with Gasteiger partial charge < -0.3 is 29.5 Å². The molecule has 0 saturated carbocycles. The first-order valence-electron chi connectivity index (χ1n) is 10.4. The van der Waals surface area contributed by atoms with Crippen LogP contribution in [-0.4, -0.2) is 80.5 Å². The van der Waals surface area contributed by atoms with Crippen LogP contribution in [0.25, 0.3) is 0 Å². The lowest BCUT2D eigenvalue weighted by molar-refractivity contribution is 0.122. The van der Waals surface area contributed by atoms with Gasteiger partial charge in [-0.05, 0) is 25.1 Å². The molecule has 0 spiro atoms. The Kier molecular flexibility index (Phi) is 6.62. The molecule has 2 fully saturated rings. The summed E-state index contributed by atoms with van der Waals surface area (Å²) in [5.74, 6) is 3.15. The number of methoxy groups -OCH3 is 1. The van der Waals surface area contributed by atoms with Gasteiger partial charge in [0.15, 0.2) is 0 Å². The molecule has 2 amide bonds. The summed E-state index contributed by atoms with van der Waals surface area (Å²) in [6, 6.07) is 7.09. The molecule has 1 aromatic heterocycles. The van der Waals surface area contributed by atoms with E-state index in [1.165, 1.54) is 0 Å². The Balaban J connectivity index is 1.36. The minimum absolute atomic E-state index is 0.145. The molecule has 0 bridgehead atoms. The third-order valence-electron chi connectivity index (χ3n) is 5.44. The Morgan fingerprint density at radius 2 is 1.68 bits per heavy atom. The molecule has 2 aliphatic heterocycles. The lowest BCUT2D eigenvalue weighted by Gasteiger charge is -2.36. The summed E-state index contributed by atoms with van der Waals surface area (Å²) in [7, 11) is 1.56. The Morgan fingerprint density at radius 1 is 1.03 bits per heavy atom. The van der Waals surface area contributed by atoms with Crippen LogP contribution in [0.4, 0.5) is 22.1 Å². The van der Waals surface area contributed by atoms with E-state index in [4.69, 9.17) is 21.1 Å². The first-order valence-corrected chi connectivity index (χ1v) is 10.7. The number of anilines is 3.